The van der Waals surface area contributed by atoms with E-state index in [1.165, 1.54) is 4.88 Å². The van der Waals surface area contributed by atoms with Crippen LogP contribution in [0.4, 0.5) is 0 Å². The number of nitrogens with one attached hydrogen (secondary N) is 1. The molecule has 0 saturated heterocycles. The molecule has 1 amide bonds. The third-order valence-electron chi connectivity index (χ3n) is 2.25. The van der Waals surface area contributed by atoms with Crippen molar-refractivity contribution in [3.05, 3.63) is 16.1 Å². The van der Waals surface area contributed by atoms with Crippen LogP contribution in [0.1, 0.15) is 43.0 Å². The summed E-state index contributed by atoms with van der Waals surface area (Å²) in [6.07, 6.45) is 2.29. The average Bonchev–Trinajstić information content (AvgIpc) is 2.61. The van der Waals surface area contributed by atoms with Crippen LogP contribution in [0, 0.1) is 0 Å². The smallest absolute Gasteiger partial charge is 0.218 e. The molecule has 1 atom stereocenters. The summed E-state index contributed by atoms with van der Waals surface area (Å²) in [6.45, 7) is 6.95. The fourth-order valence-electron chi connectivity index (χ4n) is 1.31. The molecule has 0 aliphatic carbocycles. The zero-order valence-electron chi connectivity index (χ0n) is 9.99. The van der Waals surface area contributed by atoms with E-state index in [4.69, 9.17) is 5.73 Å². The highest BCUT2D eigenvalue weighted by atomic mass is 32.1. The first kappa shape index (κ1) is 13.1. The van der Waals surface area contributed by atoms with Crippen molar-refractivity contribution in [2.24, 2.45) is 5.73 Å². The molecule has 1 rings (SSSR count). The van der Waals surface area contributed by atoms with E-state index < -0.39 is 0 Å². The van der Waals surface area contributed by atoms with Crippen LogP contribution in [0.2, 0.25) is 0 Å². The number of amides is 1. The van der Waals surface area contributed by atoms with Crippen molar-refractivity contribution in [1.82, 2.24) is 10.3 Å². The van der Waals surface area contributed by atoms with Gasteiger partial charge in [-0.2, -0.15) is 0 Å². The second kappa shape index (κ2) is 5.96. The van der Waals surface area contributed by atoms with E-state index in [9.17, 15) is 4.79 Å². The molecule has 1 aromatic heterocycles. The lowest BCUT2D eigenvalue weighted by Crippen LogP contribution is -2.30. The van der Waals surface area contributed by atoms with Crippen molar-refractivity contribution in [2.75, 3.05) is 0 Å². The van der Waals surface area contributed by atoms with E-state index in [1.54, 1.807) is 11.3 Å². The molecule has 0 radical (unpaired) electrons. The molecule has 16 heavy (non-hydrogen) atoms. The Hall–Kier alpha value is -0.940. The lowest BCUT2D eigenvalue weighted by molar-refractivity contribution is -0.118. The maximum absolute atomic E-state index is 10.7. The van der Waals surface area contributed by atoms with Crippen LogP contribution in [0.25, 0.3) is 0 Å². The van der Waals surface area contributed by atoms with Gasteiger partial charge in [-0.1, -0.05) is 13.8 Å². The first-order valence-electron chi connectivity index (χ1n) is 5.45. The number of carbonyl (C=O) groups excluding carboxylic acids is 1. The van der Waals surface area contributed by atoms with Crippen LogP contribution < -0.4 is 11.1 Å². The van der Waals surface area contributed by atoms with Crippen LogP contribution >= 0.6 is 11.3 Å². The number of carbonyl (C=O) groups is 1. The Morgan fingerprint density at radius 3 is 2.75 bits per heavy atom. The minimum Gasteiger partial charge on any atom is -0.370 e. The Kier molecular flexibility index (Phi) is 4.89. The summed E-state index contributed by atoms with van der Waals surface area (Å²) in [5.41, 5.74) is 5.11. The summed E-state index contributed by atoms with van der Waals surface area (Å²) in [5, 5.41) is 4.29. The topological polar surface area (TPSA) is 68.0 Å². The van der Waals surface area contributed by atoms with E-state index in [0.717, 1.165) is 5.01 Å². The van der Waals surface area contributed by atoms with Crippen molar-refractivity contribution in [1.29, 1.82) is 0 Å². The number of aromatic nitrogens is 1. The minimum atomic E-state index is -0.276. The van der Waals surface area contributed by atoms with Gasteiger partial charge in [0, 0.05) is 30.1 Å². The van der Waals surface area contributed by atoms with Gasteiger partial charge in [-0.3, -0.25) is 4.79 Å². The summed E-state index contributed by atoms with van der Waals surface area (Å²) < 4.78 is 0. The highest BCUT2D eigenvalue weighted by Gasteiger charge is 2.08. The molecule has 4 nitrogen and oxygen atoms in total. The van der Waals surface area contributed by atoms with E-state index in [0.29, 0.717) is 18.9 Å². The fraction of sp³-hybridized carbons (Fsp3) is 0.636. The van der Waals surface area contributed by atoms with Crippen LogP contribution in [0.15, 0.2) is 6.20 Å². The van der Waals surface area contributed by atoms with Crippen molar-refractivity contribution in [2.45, 2.75) is 45.7 Å². The number of hydrogen-bond acceptors (Lipinski definition) is 4. The molecule has 1 aromatic rings. The molecule has 0 aliphatic heterocycles. The van der Waals surface area contributed by atoms with Gasteiger partial charge in [0.15, 0.2) is 0 Å². The number of nitrogens with zero attached hydrogens (tertiary/aromatic N) is 1. The zero-order chi connectivity index (χ0) is 12.1. The number of hydrogen-bond donors (Lipinski definition) is 2. The van der Waals surface area contributed by atoms with Crippen molar-refractivity contribution >= 4 is 17.2 Å². The summed E-state index contributed by atoms with van der Waals surface area (Å²) in [6, 6.07) is 0.101. The van der Waals surface area contributed by atoms with Gasteiger partial charge in [-0.15, -0.1) is 11.3 Å². The Morgan fingerprint density at radius 2 is 2.25 bits per heavy atom. The predicted octanol–water partition coefficient (Wildman–Crippen LogP) is 1.62. The molecule has 0 aliphatic rings. The van der Waals surface area contributed by atoms with Gasteiger partial charge in [-0.05, 0) is 12.8 Å². The van der Waals surface area contributed by atoms with Crippen molar-refractivity contribution in [3.63, 3.8) is 0 Å². The van der Waals surface area contributed by atoms with Gasteiger partial charge in [0.2, 0.25) is 5.91 Å². The largest absolute Gasteiger partial charge is 0.370 e. The zero-order valence-corrected chi connectivity index (χ0v) is 10.8. The Morgan fingerprint density at radius 1 is 1.56 bits per heavy atom. The highest BCUT2D eigenvalue weighted by molar-refractivity contribution is 7.11. The average molecular weight is 241 g/mol. The molecular weight excluding hydrogens is 222 g/mol. The molecule has 0 bridgehead atoms. The van der Waals surface area contributed by atoms with Crippen LogP contribution in [-0.2, 0) is 11.3 Å². The lowest BCUT2D eigenvalue weighted by atomic mass is 10.2. The monoisotopic (exact) mass is 241 g/mol. The van der Waals surface area contributed by atoms with Crippen LogP contribution in [0.3, 0.4) is 0 Å². The first-order valence-corrected chi connectivity index (χ1v) is 6.27. The molecule has 0 spiro atoms. The number of nitrogens with two attached hydrogens (primary N) is 1. The first-order chi connectivity index (χ1) is 7.49. The molecule has 0 aromatic carbocycles. The molecule has 0 fully saturated rings. The SMILES string of the molecule is CC(CC(N)=O)NCc1ncc(C(C)C)s1. The van der Waals surface area contributed by atoms with Gasteiger partial charge < -0.3 is 11.1 Å². The summed E-state index contributed by atoms with van der Waals surface area (Å²) in [4.78, 5) is 16.3. The lowest BCUT2D eigenvalue weighted by Gasteiger charge is -2.09. The third kappa shape index (κ3) is 4.28. The fourth-order valence-corrected chi connectivity index (χ4v) is 2.18. The second-order valence-corrected chi connectivity index (χ2v) is 5.41. The quantitative estimate of drug-likeness (QED) is 0.795. The second-order valence-electron chi connectivity index (χ2n) is 4.26. The molecular formula is C11H19N3OS. The van der Waals surface area contributed by atoms with Crippen molar-refractivity contribution < 1.29 is 4.79 Å². The maximum atomic E-state index is 10.7. The van der Waals surface area contributed by atoms with Crippen LogP contribution in [-0.4, -0.2) is 16.9 Å². The minimum absolute atomic E-state index is 0.101. The molecule has 90 valence electrons. The van der Waals surface area contributed by atoms with E-state index in [2.05, 4.69) is 24.1 Å². The van der Waals surface area contributed by atoms with Crippen LogP contribution in [0.5, 0.6) is 0 Å². The summed E-state index contributed by atoms with van der Waals surface area (Å²) in [7, 11) is 0. The Labute approximate surface area is 100 Å². The molecule has 1 heterocycles. The van der Waals surface area contributed by atoms with Gasteiger partial charge in [-0.25, -0.2) is 4.98 Å². The third-order valence-corrected chi connectivity index (χ3v) is 3.55. The Bertz CT molecular complexity index is 349. The van der Waals surface area contributed by atoms with Crippen molar-refractivity contribution in [3.8, 4) is 0 Å². The van der Waals surface area contributed by atoms with E-state index in [-0.39, 0.29) is 11.9 Å². The molecule has 5 heteroatoms. The molecule has 3 N–H and O–H groups in total. The summed E-state index contributed by atoms with van der Waals surface area (Å²) in [5.74, 6) is 0.247. The van der Waals surface area contributed by atoms with Gasteiger partial charge in [0.1, 0.15) is 5.01 Å². The van der Waals surface area contributed by atoms with E-state index in [1.807, 2.05) is 13.1 Å². The number of primary amides is 1. The Balaban J connectivity index is 2.39. The highest BCUT2D eigenvalue weighted by Crippen LogP contribution is 2.21. The maximum Gasteiger partial charge on any atom is 0.218 e. The standard InChI is InChI=1S/C11H19N3OS/c1-7(2)9-5-14-11(16-9)6-13-8(3)4-10(12)15/h5,7-8,13H,4,6H2,1-3H3,(H2,12,15). The molecule has 1 unspecified atom stereocenters. The van der Waals surface area contributed by atoms with Gasteiger partial charge in [0.25, 0.3) is 0 Å². The predicted molar refractivity (Wildman–Crippen MR) is 66.3 cm³/mol. The van der Waals surface area contributed by atoms with E-state index >= 15 is 0 Å². The van der Waals surface area contributed by atoms with Gasteiger partial charge >= 0.3 is 0 Å². The normalized spacial score (nSPS) is 13.0. The number of rotatable bonds is 6. The summed E-state index contributed by atoms with van der Waals surface area (Å²) >= 11 is 1.71. The molecule has 0 saturated carbocycles. The number of thiazole rings is 1. The van der Waals surface area contributed by atoms with Gasteiger partial charge in [0.05, 0.1) is 0 Å².